The van der Waals surface area contributed by atoms with Crippen molar-refractivity contribution in [1.82, 2.24) is 0 Å². The van der Waals surface area contributed by atoms with Gasteiger partial charge >= 0.3 is 61.6 Å². The standard InChI is InChI=1S/C14H36O11Si7/c1-8-26(15)16-27(9-2)18-29(11-4)22-30(12-5,19-27)25-32(14-7)21-28(10-3,17-26)20-31(13-6,23-32)24-29/h15H,8-14H2,1-7H3. The van der Waals surface area contributed by atoms with Gasteiger partial charge in [-0.1, -0.05) is 48.5 Å². The van der Waals surface area contributed by atoms with Crippen LogP contribution < -0.4 is 0 Å². The molecule has 0 saturated carbocycles. The number of fused-ring (bicyclic) bond motifs is 2. The second kappa shape index (κ2) is 8.58. The molecule has 5 rings (SSSR count). The first-order valence-corrected chi connectivity index (χ1v) is 25.3. The molecule has 0 amide bonds. The molecule has 5 heterocycles. The molecule has 5 fully saturated rings. The van der Waals surface area contributed by atoms with Gasteiger partial charge in [-0.25, -0.2) is 0 Å². The lowest BCUT2D eigenvalue weighted by molar-refractivity contribution is -0.0178. The summed E-state index contributed by atoms with van der Waals surface area (Å²) in [6, 6.07) is 3.12. The number of hydrogen-bond acceptors (Lipinski definition) is 11. The predicted octanol–water partition coefficient (Wildman–Crippen LogP) is 2.91. The molecule has 11 nitrogen and oxygen atoms in total. The van der Waals surface area contributed by atoms with E-state index in [9.17, 15) is 4.80 Å². The van der Waals surface area contributed by atoms with Crippen LogP contribution in [0.5, 0.6) is 0 Å². The fourth-order valence-corrected chi connectivity index (χ4v) is 45.1. The van der Waals surface area contributed by atoms with Gasteiger partial charge in [-0.2, -0.15) is 0 Å². The van der Waals surface area contributed by atoms with Gasteiger partial charge < -0.3 is 45.9 Å². The molecular formula is C14H36O11Si7. The van der Waals surface area contributed by atoms with Crippen LogP contribution >= 0.6 is 0 Å². The van der Waals surface area contributed by atoms with E-state index in [1.807, 2.05) is 48.5 Å². The summed E-state index contributed by atoms with van der Waals surface area (Å²) in [5.74, 6) is 0. The van der Waals surface area contributed by atoms with Gasteiger partial charge in [-0.05, 0) is 0 Å². The molecule has 32 heavy (non-hydrogen) atoms. The highest BCUT2D eigenvalue weighted by Crippen LogP contribution is 2.50. The normalized spacial score (nSPS) is 52.9. The van der Waals surface area contributed by atoms with E-state index in [1.54, 1.807) is 0 Å². The van der Waals surface area contributed by atoms with Crippen molar-refractivity contribution in [2.24, 2.45) is 0 Å². The predicted molar refractivity (Wildman–Crippen MR) is 127 cm³/mol. The van der Waals surface area contributed by atoms with Crippen LogP contribution in [-0.4, -0.2) is 66.4 Å². The molecule has 5 saturated heterocycles. The minimum atomic E-state index is -3.80. The van der Waals surface area contributed by atoms with Crippen molar-refractivity contribution in [3.63, 3.8) is 0 Å². The van der Waals surface area contributed by atoms with E-state index in [0.717, 1.165) is 0 Å². The largest absolute Gasteiger partial charge is 0.483 e. The van der Waals surface area contributed by atoms with Crippen LogP contribution in [-0.2, 0) is 41.2 Å². The maximum atomic E-state index is 11.7. The van der Waals surface area contributed by atoms with Crippen LogP contribution in [0, 0.1) is 0 Å². The van der Waals surface area contributed by atoms with Gasteiger partial charge in [-0.15, -0.1) is 0 Å². The summed E-state index contributed by atoms with van der Waals surface area (Å²) in [7, 11) is -24.3. The summed E-state index contributed by atoms with van der Waals surface area (Å²) in [5.41, 5.74) is 0. The molecule has 6 bridgehead atoms. The maximum Gasteiger partial charge on any atom is 0.483 e. The van der Waals surface area contributed by atoms with E-state index in [-0.39, 0.29) is 6.04 Å². The van der Waals surface area contributed by atoms with Crippen LogP contribution in [0.1, 0.15) is 48.5 Å². The van der Waals surface area contributed by atoms with E-state index in [1.165, 1.54) is 0 Å². The Labute approximate surface area is 198 Å². The third-order valence-electron chi connectivity index (χ3n) is 6.16. The fraction of sp³-hybridized carbons (Fsp3) is 1.00. The van der Waals surface area contributed by atoms with Crippen LogP contribution in [0.3, 0.4) is 0 Å². The first-order valence-electron chi connectivity index (χ1n) is 11.7. The second-order valence-corrected chi connectivity index (χ2v) is 31.0. The molecule has 0 aromatic carbocycles. The Hall–Kier alpha value is 1.08. The van der Waals surface area contributed by atoms with E-state index < -0.39 is 61.6 Å². The van der Waals surface area contributed by atoms with E-state index in [0.29, 0.717) is 36.3 Å². The Balaban J connectivity index is 2.02. The zero-order valence-corrected chi connectivity index (χ0v) is 27.0. The highest BCUT2D eigenvalue weighted by Gasteiger charge is 2.79. The van der Waals surface area contributed by atoms with Crippen molar-refractivity contribution in [2.75, 3.05) is 0 Å². The molecule has 18 heteroatoms. The van der Waals surface area contributed by atoms with Crippen molar-refractivity contribution in [3.8, 4) is 0 Å². The van der Waals surface area contributed by atoms with Gasteiger partial charge in [0.1, 0.15) is 0 Å². The average molecular weight is 577 g/mol. The lowest BCUT2D eigenvalue weighted by Gasteiger charge is -2.61. The van der Waals surface area contributed by atoms with E-state index in [2.05, 4.69) is 0 Å². The third kappa shape index (κ3) is 4.17. The summed E-state index contributed by atoms with van der Waals surface area (Å²) >= 11 is 0. The van der Waals surface area contributed by atoms with Gasteiger partial charge in [0.2, 0.25) is 0 Å². The summed E-state index contributed by atoms with van der Waals surface area (Å²) < 4.78 is 66.3. The zero-order chi connectivity index (χ0) is 23.5. The van der Waals surface area contributed by atoms with Gasteiger partial charge in [0.05, 0.1) is 0 Å². The van der Waals surface area contributed by atoms with Gasteiger partial charge in [0.15, 0.2) is 0 Å². The summed E-state index contributed by atoms with van der Waals surface area (Å²) in [5, 5.41) is 0. The number of rotatable bonds is 7. The zero-order valence-electron chi connectivity index (χ0n) is 20.0. The lowest BCUT2D eigenvalue weighted by atomic mass is 11.0. The minimum absolute atomic E-state index is 0.280. The summed E-state index contributed by atoms with van der Waals surface area (Å²) in [4.78, 5) is 11.7. The number of hydrogen-bond donors (Lipinski definition) is 1. The molecule has 0 radical (unpaired) electrons. The average Bonchev–Trinajstić information content (AvgIpc) is 2.77. The molecule has 0 unspecified atom stereocenters. The first-order chi connectivity index (χ1) is 15.0. The molecule has 1 N–H and O–H groups in total. The van der Waals surface area contributed by atoms with Crippen LogP contribution in [0.4, 0.5) is 0 Å². The molecule has 0 aromatic heterocycles. The molecule has 186 valence electrons. The first kappa shape index (κ1) is 26.2. The Morgan fingerprint density at radius 1 is 0.344 bits per heavy atom. The van der Waals surface area contributed by atoms with E-state index in [4.69, 9.17) is 41.2 Å². The van der Waals surface area contributed by atoms with Crippen LogP contribution in [0.25, 0.3) is 0 Å². The molecule has 5 aliphatic rings. The smallest absolute Gasteiger partial charge is 0.391 e. The van der Waals surface area contributed by atoms with Crippen molar-refractivity contribution in [2.45, 2.75) is 90.8 Å². The molecule has 0 atom stereocenters. The molecular weight excluding hydrogens is 541 g/mol. The highest BCUT2D eigenvalue weighted by molar-refractivity contribution is 7.01. The Kier molecular flexibility index (Phi) is 7.01. The SMILES string of the molecule is CC[Si]1(O)O[Si]2(CC)O[Si]3(CC)O[Si](CC)(O2)O[Si]2(CC)O[Si](CC)(O1)O[Si](CC)(O2)O3. The molecule has 0 aromatic rings. The minimum Gasteiger partial charge on any atom is -0.391 e. The summed E-state index contributed by atoms with van der Waals surface area (Å²) in [6.07, 6.45) is 0. The Morgan fingerprint density at radius 2 is 0.531 bits per heavy atom. The van der Waals surface area contributed by atoms with Crippen molar-refractivity contribution >= 4 is 61.6 Å². The van der Waals surface area contributed by atoms with Crippen molar-refractivity contribution < 1.29 is 45.9 Å². The van der Waals surface area contributed by atoms with Gasteiger partial charge in [0, 0.05) is 42.3 Å². The van der Waals surface area contributed by atoms with Crippen molar-refractivity contribution in [1.29, 1.82) is 0 Å². The molecule has 0 aliphatic carbocycles. The van der Waals surface area contributed by atoms with Crippen molar-refractivity contribution in [3.05, 3.63) is 0 Å². The molecule has 5 aliphatic heterocycles. The fourth-order valence-electron chi connectivity index (χ4n) is 4.22. The summed E-state index contributed by atoms with van der Waals surface area (Å²) in [6.45, 7) is 13.6. The topological polar surface area (TPSA) is 113 Å². The quantitative estimate of drug-likeness (QED) is 0.451. The lowest BCUT2D eigenvalue weighted by Crippen LogP contribution is -2.86. The van der Waals surface area contributed by atoms with Gasteiger partial charge in [0.25, 0.3) is 0 Å². The maximum absolute atomic E-state index is 11.7. The Morgan fingerprint density at radius 3 is 0.688 bits per heavy atom. The Bertz CT molecular complexity index is 621. The van der Waals surface area contributed by atoms with Crippen LogP contribution in [0.2, 0.25) is 42.3 Å². The highest BCUT2D eigenvalue weighted by atomic mass is 28.6. The second-order valence-electron chi connectivity index (χ2n) is 8.31. The monoisotopic (exact) mass is 576 g/mol. The third-order valence-corrected chi connectivity index (χ3v) is 37.2. The van der Waals surface area contributed by atoms with E-state index >= 15 is 0 Å². The molecule has 0 spiro atoms. The van der Waals surface area contributed by atoms with Gasteiger partial charge in [-0.3, -0.25) is 0 Å². The van der Waals surface area contributed by atoms with Crippen LogP contribution in [0.15, 0.2) is 0 Å².